The van der Waals surface area contributed by atoms with E-state index in [4.69, 9.17) is 4.74 Å². The van der Waals surface area contributed by atoms with Crippen LogP contribution in [0.15, 0.2) is 59.9 Å². The molecule has 26 heavy (non-hydrogen) atoms. The number of hydrogen-bond donors (Lipinski definition) is 3. The highest BCUT2D eigenvalue weighted by Gasteiger charge is 2.15. The molecule has 0 radical (unpaired) electrons. The van der Waals surface area contributed by atoms with E-state index in [9.17, 15) is 5.21 Å². The average Bonchev–Trinajstić information content (AvgIpc) is 3.21. The van der Waals surface area contributed by atoms with Gasteiger partial charge in [0, 0.05) is 11.8 Å². The SMILES string of the molecule is COc1cccc(CN=C2Nc3ccc(-c4cn[nH]c4)cc3N([O-])N2)c1. The Morgan fingerprint density at radius 3 is 2.92 bits per heavy atom. The number of fused-ring (bicyclic) bond motifs is 1. The summed E-state index contributed by atoms with van der Waals surface area (Å²) in [6, 6.07) is 13.2. The standard InChI is InChI=1S/C18H17N6O2/c1-26-15-4-2-3-12(7-15)9-19-18-22-16-6-5-13(14-10-20-21-11-14)8-17(16)24(25)23-18/h2-8,10-11H,9H2,1H3,(H,20,21)(H2,19,22,23)/q-1. The van der Waals surface area contributed by atoms with Crippen LogP contribution in [0.5, 0.6) is 5.75 Å². The van der Waals surface area contributed by atoms with Crippen LogP contribution in [-0.2, 0) is 6.54 Å². The summed E-state index contributed by atoms with van der Waals surface area (Å²) in [4.78, 5) is 4.43. The summed E-state index contributed by atoms with van der Waals surface area (Å²) in [6.45, 7) is 0.419. The molecule has 1 aliphatic heterocycles. The van der Waals surface area contributed by atoms with E-state index in [1.54, 1.807) is 25.6 Å². The number of methoxy groups -OCH3 is 1. The minimum atomic E-state index is 0.395. The molecule has 0 atom stereocenters. The fourth-order valence-electron chi connectivity index (χ4n) is 2.72. The van der Waals surface area contributed by atoms with Crippen LogP contribution in [0.3, 0.4) is 0 Å². The van der Waals surface area contributed by atoms with Crippen LogP contribution in [0.25, 0.3) is 11.1 Å². The second kappa shape index (κ2) is 6.77. The summed E-state index contributed by atoms with van der Waals surface area (Å²) >= 11 is 0. The Kier molecular flexibility index (Phi) is 4.16. The molecule has 3 aromatic rings. The first kappa shape index (κ1) is 16.0. The molecular formula is C18H17N6O2-. The molecule has 2 aromatic carbocycles. The number of aromatic nitrogens is 2. The number of aromatic amines is 1. The molecule has 8 heteroatoms. The molecule has 1 aliphatic rings. The van der Waals surface area contributed by atoms with Crippen molar-refractivity contribution < 1.29 is 4.74 Å². The highest BCUT2D eigenvalue weighted by molar-refractivity contribution is 6.01. The molecule has 1 aromatic heterocycles. The summed E-state index contributed by atoms with van der Waals surface area (Å²) < 4.78 is 5.21. The molecule has 0 aliphatic carbocycles. The Bertz CT molecular complexity index is 939. The van der Waals surface area contributed by atoms with Crippen molar-refractivity contribution in [3.63, 3.8) is 0 Å². The third-order valence-electron chi connectivity index (χ3n) is 4.06. The largest absolute Gasteiger partial charge is 0.739 e. The summed E-state index contributed by atoms with van der Waals surface area (Å²) in [5.74, 6) is 1.17. The van der Waals surface area contributed by atoms with Crippen molar-refractivity contribution in [3.05, 3.63) is 65.6 Å². The van der Waals surface area contributed by atoms with Gasteiger partial charge in [0.2, 0.25) is 5.96 Å². The van der Waals surface area contributed by atoms with Crippen molar-refractivity contribution >= 4 is 17.3 Å². The molecule has 132 valence electrons. The number of hydrazine groups is 1. The molecular weight excluding hydrogens is 332 g/mol. The van der Waals surface area contributed by atoms with E-state index in [0.717, 1.165) is 22.4 Å². The second-order valence-electron chi connectivity index (χ2n) is 5.77. The molecule has 2 heterocycles. The van der Waals surface area contributed by atoms with Gasteiger partial charge in [0.25, 0.3) is 0 Å². The molecule has 0 bridgehead atoms. The number of benzene rings is 2. The van der Waals surface area contributed by atoms with Crippen LogP contribution >= 0.6 is 0 Å². The fourth-order valence-corrected chi connectivity index (χ4v) is 2.72. The highest BCUT2D eigenvalue weighted by Crippen LogP contribution is 2.32. The van der Waals surface area contributed by atoms with Gasteiger partial charge in [-0.15, -0.1) is 0 Å². The number of anilines is 2. The molecule has 4 rings (SSSR count). The third-order valence-corrected chi connectivity index (χ3v) is 4.06. The maximum absolute atomic E-state index is 12.4. The first-order valence-corrected chi connectivity index (χ1v) is 8.04. The molecule has 3 N–H and O–H groups in total. The van der Waals surface area contributed by atoms with E-state index >= 15 is 0 Å². The van der Waals surface area contributed by atoms with E-state index in [1.165, 1.54) is 0 Å². The van der Waals surface area contributed by atoms with Crippen LogP contribution in [0.1, 0.15) is 5.56 Å². The minimum Gasteiger partial charge on any atom is -0.739 e. The zero-order valence-electron chi connectivity index (χ0n) is 14.1. The van der Waals surface area contributed by atoms with Gasteiger partial charge in [0.05, 0.1) is 31.2 Å². The number of aliphatic imine (C=N–C) groups is 1. The lowest BCUT2D eigenvalue weighted by Gasteiger charge is -2.38. The number of nitrogens with one attached hydrogen (secondary N) is 3. The number of H-pyrrole nitrogens is 1. The topological polar surface area (TPSA) is 101 Å². The first-order chi connectivity index (χ1) is 12.7. The van der Waals surface area contributed by atoms with E-state index in [2.05, 4.69) is 25.9 Å². The normalized spacial score (nSPS) is 14.5. The van der Waals surface area contributed by atoms with Crippen LogP contribution in [0.2, 0.25) is 0 Å². The van der Waals surface area contributed by atoms with Crippen molar-refractivity contribution in [3.8, 4) is 16.9 Å². The van der Waals surface area contributed by atoms with Gasteiger partial charge < -0.3 is 20.4 Å². The Labute approximate surface area is 150 Å². The minimum absolute atomic E-state index is 0.395. The van der Waals surface area contributed by atoms with Crippen LogP contribution < -0.4 is 20.7 Å². The van der Waals surface area contributed by atoms with Crippen molar-refractivity contribution in [2.45, 2.75) is 6.54 Å². The zero-order chi connectivity index (χ0) is 17.9. The molecule has 0 spiro atoms. The van der Waals surface area contributed by atoms with Gasteiger partial charge in [-0.25, -0.2) is 4.99 Å². The Balaban J connectivity index is 1.54. The Morgan fingerprint density at radius 1 is 1.19 bits per heavy atom. The van der Waals surface area contributed by atoms with Crippen molar-refractivity contribution in [1.29, 1.82) is 0 Å². The van der Waals surface area contributed by atoms with E-state index in [-0.39, 0.29) is 0 Å². The highest BCUT2D eigenvalue weighted by atomic mass is 16.5. The maximum atomic E-state index is 12.4. The van der Waals surface area contributed by atoms with Crippen molar-refractivity contribution in [2.24, 2.45) is 4.99 Å². The summed E-state index contributed by atoms with van der Waals surface area (Å²) in [6.07, 6.45) is 3.49. The van der Waals surface area contributed by atoms with Gasteiger partial charge in [-0.1, -0.05) is 18.2 Å². The van der Waals surface area contributed by atoms with Gasteiger partial charge in [-0.3, -0.25) is 10.5 Å². The van der Waals surface area contributed by atoms with E-state index < -0.39 is 0 Å². The monoisotopic (exact) mass is 349 g/mol. The molecule has 0 amide bonds. The number of hydrogen-bond acceptors (Lipinski definition) is 5. The lowest BCUT2D eigenvalue weighted by Crippen LogP contribution is -2.46. The van der Waals surface area contributed by atoms with Gasteiger partial charge >= 0.3 is 0 Å². The number of guanidine groups is 1. The third kappa shape index (κ3) is 3.17. The molecule has 0 unspecified atom stereocenters. The zero-order valence-corrected chi connectivity index (χ0v) is 14.1. The van der Waals surface area contributed by atoms with Crippen LogP contribution in [0.4, 0.5) is 11.4 Å². The smallest absolute Gasteiger partial charge is 0.214 e. The number of rotatable bonds is 4. The number of nitrogens with zero attached hydrogens (tertiary/aromatic N) is 3. The number of ether oxygens (including phenoxy) is 1. The maximum Gasteiger partial charge on any atom is 0.214 e. The van der Waals surface area contributed by atoms with Crippen molar-refractivity contribution in [1.82, 2.24) is 15.6 Å². The second-order valence-corrected chi connectivity index (χ2v) is 5.77. The fraction of sp³-hybridized carbons (Fsp3) is 0.111. The average molecular weight is 349 g/mol. The predicted molar refractivity (Wildman–Crippen MR) is 101 cm³/mol. The Morgan fingerprint density at radius 2 is 2.12 bits per heavy atom. The van der Waals surface area contributed by atoms with E-state index in [0.29, 0.717) is 29.1 Å². The molecule has 0 fully saturated rings. The van der Waals surface area contributed by atoms with Gasteiger partial charge in [-0.2, -0.15) is 5.10 Å². The molecule has 0 saturated carbocycles. The van der Waals surface area contributed by atoms with Crippen LogP contribution in [-0.4, -0.2) is 23.3 Å². The molecule has 8 nitrogen and oxygen atoms in total. The van der Waals surface area contributed by atoms with Gasteiger partial charge in [0.1, 0.15) is 5.75 Å². The summed E-state index contributed by atoms with van der Waals surface area (Å²) in [5, 5.41) is 22.9. The van der Waals surface area contributed by atoms with Gasteiger partial charge in [0.15, 0.2) is 0 Å². The lowest BCUT2D eigenvalue weighted by molar-refractivity contribution is 0.414. The summed E-state index contributed by atoms with van der Waals surface area (Å²) in [5.41, 5.74) is 6.69. The van der Waals surface area contributed by atoms with E-state index in [1.807, 2.05) is 36.4 Å². The quantitative estimate of drug-likeness (QED) is 0.670. The predicted octanol–water partition coefficient (Wildman–Crippen LogP) is 2.88. The Hall–Kier alpha value is -3.52. The first-order valence-electron chi connectivity index (χ1n) is 8.04. The van der Waals surface area contributed by atoms with Gasteiger partial charge in [-0.05, 0) is 35.4 Å². The lowest BCUT2D eigenvalue weighted by atomic mass is 10.1. The van der Waals surface area contributed by atoms with Crippen LogP contribution in [0, 0.1) is 5.21 Å². The summed E-state index contributed by atoms with van der Waals surface area (Å²) in [7, 11) is 1.62. The molecule has 0 saturated heterocycles. The van der Waals surface area contributed by atoms with Crippen molar-refractivity contribution in [2.75, 3.05) is 17.6 Å².